The first kappa shape index (κ1) is 16.5. The molecular formula is C15H12BrClN2O3. The second-order valence-corrected chi connectivity index (χ2v) is 5.64. The van der Waals surface area contributed by atoms with Crippen LogP contribution in [0.4, 0.5) is 5.69 Å². The zero-order chi connectivity index (χ0) is 16.1. The first-order chi connectivity index (χ1) is 10.5. The van der Waals surface area contributed by atoms with Gasteiger partial charge in [-0.05, 0) is 36.8 Å². The maximum absolute atomic E-state index is 11.8. The third-order valence-corrected chi connectivity index (χ3v) is 3.92. The van der Waals surface area contributed by atoms with Crippen LogP contribution in [0.25, 0.3) is 0 Å². The Morgan fingerprint density at radius 1 is 1.36 bits per heavy atom. The molecule has 1 aromatic heterocycles. The number of halogens is 2. The van der Waals surface area contributed by atoms with E-state index in [-0.39, 0.29) is 10.7 Å². The van der Waals surface area contributed by atoms with Crippen molar-refractivity contribution in [1.82, 2.24) is 4.98 Å². The van der Waals surface area contributed by atoms with Crippen molar-refractivity contribution < 1.29 is 14.3 Å². The molecule has 1 aromatic carbocycles. The SMILES string of the molecule is Cc1ccc(NC(=O)COC(=O)c2cccnc2Cl)cc1Br. The van der Waals surface area contributed by atoms with Gasteiger partial charge in [0.2, 0.25) is 0 Å². The smallest absolute Gasteiger partial charge is 0.341 e. The lowest BCUT2D eigenvalue weighted by Crippen LogP contribution is -2.21. The Morgan fingerprint density at radius 3 is 2.82 bits per heavy atom. The molecule has 0 fully saturated rings. The second-order valence-electron chi connectivity index (χ2n) is 4.43. The van der Waals surface area contributed by atoms with Crippen LogP contribution in [-0.4, -0.2) is 23.5 Å². The van der Waals surface area contributed by atoms with Crippen LogP contribution < -0.4 is 5.32 Å². The quantitative estimate of drug-likeness (QED) is 0.647. The Bertz CT molecular complexity index is 722. The van der Waals surface area contributed by atoms with Crippen molar-refractivity contribution in [1.29, 1.82) is 0 Å². The Hall–Kier alpha value is -1.92. The molecule has 0 radical (unpaired) electrons. The number of hydrogen-bond acceptors (Lipinski definition) is 4. The molecule has 0 saturated carbocycles. The minimum Gasteiger partial charge on any atom is -0.452 e. The van der Waals surface area contributed by atoms with Gasteiger partial charge in [0, 0.05) is 16.4 Å². The van der Waals surface area contributed by atoms with Gasteiger partial charge in [-0.15, -0.1) is 0 Å². The van der Waals surface area contributed by atoms with Gasteiger partial charge < -0.3 is 10.1 Å². The molecule has 22 heavy (non-hydrogen) atoms. The molecule has 0 unspecified atom stereocenters. The maximum Gasteiger partial charge on any atom is 0.341 e. The van der Waals surface area contributed by atoms with Crippen LogP contribution >= 0.6 is 27.5 Å². The summed E-state index contributed by atoms with van der Waals surface area (Å²) in [4.78, 5) is 27.3. The highest BCUT2D eigenvalue weighted by atomic mass is 79.9. The van der Waals surface area contributed by atoms with E-state index in [0.717, 1.165) is 10.0 Å². The normalized spacial score (nSPS) is 10.1. The molecule has 0 spiro atoms. The van der Waals surface area contributed by atoms with Gasteiger partial charge in [-0.25, -0.2) is 9.78 Å². The van der Waals surface area contributed by atoms with Crippen molar-refractivity contribution in [3.05, 3.63) is 57.3 Å². The molecule has 0 aliphatic carbocycles. The molecule has 0 aliphatic heterocycles. The zero-order valence-electron chi connectivity index (χ0n) is 11.6. The number of carbonyl (C=O) groups excluding carboxylic acids is 2. The number of esters is 1. The number of hydrogen-bond donors (Lipinski definition) is 1. The number of aromatic nitrogens is 1. The Labute approximate surface area is 140 Å². The van der Waals surface area contributed by atoms with Crippen molar-refractivity contribution in [3.8, 4) is 0 Å². The van der Waals surface area contributed by atoms with Gasteiger partial charge in [-0.3, -0.25) is 4.79 Å². The fourth-order valence-electron chi connectivity index (χ4n) is 1.61. The highest BCUT2D eigenvalue weighted by Crippen LogP contribution is 2.20. The van der Waals surface area contributed by atoms with Crippen LogP contribution in [0, 0.1) is 6.92 Å². The van der Waals surface area contributed by atoms with E-state index in [4.69, 9.17) is 16.3 Å². The number of nitrogens with zero attached hydrogens (tertiary/aromatic N) is 1. The molecule has 0 bridgehead atoms. The molecule has 114 valence electrons. The fourth-order valence-corrected chi connectivity index (χ4v) is 2.19. The van der Waals surface area contributed by atoms with E-state index in [9.17, 15) is 9.59 Å². The van der Waals surface area contributed by atoms with Crippen molar-refractivity contribution in [2.45, 2.75) is 6.92 Å². The number of benzene rings is 1. The Balaban J connectivity index is 1.91. The molecule has 0 aliphatic rings. The van der Waals surface area contributed by atoms with Crippen LogP contribution in [-0.2, 0) is 9.53 Å². The van der Waals surface area contributed by atoms with Gasteiger partial charge in [0.05, 0.1) is 5.56 Å². The van der Waals surface area contributed by atoms with Crippen LogP contribution in [0.15, 0.2) is 41.0 Å². The number of aryl methyl sites for hydroxylation is 1. The minimum atomic E-state index is -0.696. The van der Waals surface area contributed by atoms with Crippen LogP contribution in [0.1, 0.15) is 15.9 Å². The molecule has 7 heteroatoms. The minimum absolute atomic E-state index is 0.0374. The lowest BCUT2D eigenvalue weighted by atomic mass is 10.2. The fraction of sp³-hybridized carbons (Fsp3) is 0.133. The third kappa shape index (κ3) is 4.29. The van der Waals surface area contributed by atoms with Crippen LogP contribution in [0.5, 0.6) is 0 Å². The largest absolute Gasteiger partial charge is 0.452 e. The van der Waals surface area contributed by atoms with Crippen molar-refractivity contribution in [2.75, 3.05) is 11.9 Å². The number of pyridine rings is 1. The zero-order valence-corrected chi connectivity index (χ0v) is 13.9. The monoisotopic (exact) mass is 382 g/mol. The average molecular weight is 384 g/mol. The lowest BCUT2D eigenvalue weighted by Gasteiger charge is -2.08. The topological polar surface area (TPSA) is 68.3 Å². The van der Waals surface area contributed by atoms with Gasteiger partial charge >= 0.3 is 5.97 Å². The van der Waals surface area contributed by atoms with E-state index in [1.54, 1.807) is 18.2 Å². The summed E-state index contributed by atoms with van der Waals surface area (Å²) >= 11 is 9.16. The number of carbonyl (C=O) groups is 2. The number of anilines is 1. The average Bonchev–Trinajstić information content (AvgIpc) is 2.49. The molecule has 1 amide bonds. The summed E-state index contributed by atoms with van der Waals surface area (Å²) in [5, 5.41) is 2.67. The highest BCUT2D eigenvalue weighted by Gasteiger charge is 2.14. The van der Waals surface area contributed by atoms with Crippen molar-refractivity contribution >= 4 is 45.1 Å². The summed E-state index contributed by atoms with van der Waals surface area (Å²) < 4.78 is 5.79. The van der Waals surface area contributed by atoms with Crippen LogP contribution in [0.2, 0.25) is 5.15 Å². The lowest BCUT2D eigenvalue weighted by molar-refractivity contribution is -0.119. The van der Waals surface area contributed by atoms with Gasteiger partial charge in [0.1, 0.15) is 5.15 Å². The summed E-state index contributed by atoms with van der Waals surface area (Å²) in [6.45, 7) is 1.53. The summed E-state index contributed by atoms with van der Waals surface area (Å²) in [5.74, 6) is -1.14. The number of ether oxygens (including phenoxy) is 1. The molecular weight excluding hydrogens is 372 g/mol. The third-order valence-electron chi connectivity index (χ3n) is 2.77. The predicted molar refractivity (Wildman–Crippen MR) is 87.0 cm³/mol. The molecule has 1 heterocycles. The van der Waals surface area contributed by atoms with E-state index in [1.165, 1.54) is 12.3 Å². The number of amides is 1. The summed E-state index contributed by atoms with van der Waals surface area (Å²) in [5.41, 5.74) is 1.78. The summed E-state index contributed by atoms with van der Waals surface area (Å²) in [6, 6.07) is 8.44. The van der Waals surface area contributed by atoms with Gasteiger partial charge in [-0.2, -0.15) is 0 Å². The van der Waals surface area contributed by atoms with Gasteiger partial charge in [0.15, 0.2) is 6.61 Å². The van der Waals surface area contributed by atoms with E-state index in [1.807, 2.05) is 13.0 Å². The molecule has 0 saturated heterocycles. The molecule has 1 N–H and O–H groups in total. The summed E-state index contributed by atoms with van der Waals surface area (Å²) in [6.07, 6.45) is 1.46. The number of rotatable bonds is 4. The van der Waals surface area contributed by atoms with E-state index < -0.39 is 18.5 Å². The highest BCUT2D eigenvalue weighted by molar-refractivity contribution is 9.10. The first-order valence-corrected chi connectivity index (χ1v) is 7.48. The number of nitrogens with one attached hydrogen (secondary N) is 1. The standard InChI is InChI=1S/C15H12BrClN2O3/c1-9-4-5-10(7-12(9)16)19-13(20)8-22-15(21)11-3-2-6-18-14(11)17/h2-7H,8H2,1H3,(H,19,20). The van der Waals surface area contributed by atoms with E-state index >= 15 is 0 Å². The Morgan fingerprint density at radius 2 is 2.14 bits per heavy atom. The van der Waals surface area contributed by atoms with Crippen LogP contribution in [0.3, 0.4) is 0 Å². The van der Waals surface area contributed by atoms with E-state index in [0.29, 0.717) is 5.69 Å². The molecule has 0 atom stereocenters. The maximum atomic E-state index is 11.8. The molecule has 2 rings (SSSR count). The van der Waals surface area contributed by atoms with Crippen molar-refractivity contribution in [2.24, 2.45) is 0 Å². The first-order valence-electron chi connectivity index (χ1n) is 6.31. The molecule has 2 aromatic rings. The predicted octanol–water partition coefficient (Wildman–Crippen LogP) is 3.60. The van der Waals surface area contributed by atoms with Gasteiger partial charge in [0.25, 0.3) is 5.91 Å². The summed E-state index contributed by atoms with van der Waals surface area (Å²) in [7, 11) is 0. The second kappa shape index (κ2) is 7.38. The molecule has 5 nitrogen and oxygen atoms in total. The Kier molecular flexibility index (Phi) is 5.51. The van der Waals surface area contributed by atoms with Crippen molar-refractivity contribution in [3.63, 3.8) is 0 Å². The van der Waals surface area contributed by atoms with E-state index in [2.05, 4.69) is 26.2 Å². The van der Waals surface area contributed by atoms with Gasteiger partial charge in [-0.1, -0.05) is 33.6 Å².